The van der Waals surface area contributed by atoms with Gasteiger partial charge in [-0.25, -0.2) is 9.78 Å². The summed E-state index contributed by atoms with van der Waals surface area (Å²) in [6, 6.07) is 13.6. The molecule has 0 N–H and O–H groups in total. The first-order chi connectivity index (χ1) is 12.9. The summed E-state index contributed by atoms with van der Waals surface area (Å²) in [4.78, 5) is 15.6. The van der Waals surface area contributed by atoms with Crippen LogP contribution in [0.1, 0.15) is 5.69 Å². The summed E-state index contributed by atoms with van der Waals surface area (Å²) in [6.45, 7) is 1.92. The minimum Gasteiger partial charge on any atom is -0.423 e. The number of nitrogens with zero attached hydrogens (tertiary/aromatic N) is 1. The number of rotatable bonds is 4. The first kappa shape index (κ1) is 17.4. The fourth-order valence-corrected chi connectivity index (χ4v) is 4.29. The maximum Gasteiger partial charge on any atom is 0.339 e. The van der Waals surface area contributed by atoms with Crippen molar-refractivity contribution in [3.05, 3.63) is 76.1 Å². The number of hydrogen-bond donors (Lipinski definition) is 0. The van der Waals surface area contributed by atoms with Crippen LogP contribution in [0.15, 0.2) is 74.1 Å². The average molecular weight is 399 g/mol. The molecule has 0 aliphatic rings. The lowest BCUT2D eigenvalue weighted by Crippen LogP contribution is -2.09. The van der Waals surface area contributed by atoms with E-state index in [9.17, 15) is 13.2 Å². The molecule has 0 saturated heterocycles. The van der Waals surface area contributed by atoms with Crippen LogP contribution in [0, 0.1) is 6.92 Å². The zero-order valence-electron chi connectivity index (χ0n) is 14.1. The molecule has 0 bridgehead atoms. The molecule has 6 nitrogen and oxygen atoms in total. The Morgan fingerprint density at radius 3 is 2.52 bits per heavy atom. The van der Waals surface area contributed by atoms with E-state index in [0.717, 1.165) is 16.3 Å². The van der Waals surface area contributed by atoms with Gasteiger partial charge >= 0.3 is 15.7 Å². The highest BCUT2D eigenvalue weighted by atomic mass is 32.2. The van der Waals surface area contributed by atoms with Crippen LogP contribution in [0.3, 0.4) is 0 Å². The predicted octanol–water partition coefficient (Wildman–Crippen LogP) is 3.99. The van der Waals surface area contributed by atoms with E-state index in [1.165, 1.54) is 41.7 Å². The Hall–Kier alpha value is -2.97. The van der Waals surface area contributed by atoms with Gasteiger partial charge < -0.3 is 8.60 Å². The maximum atomic E-state index is 12.5. The Balaban J connectivity index is 1.61. The second-order valence-corrected chi connectivity index (χ2v) is 8.21. The molecule has 2 heterocycles. The third-order valence-electron chi connectivity index (χ3n) is 3.81. The van der Waals surface area contributed by atoms with Gasteiger partial charge in [0.15, 0.2) is 0 Å². The van der Waals surface area contributed by atoms with Crippen LogP contribution < -0.4 is 9.81 Å². The van der Waals surface area contributed by atoms with Gasteiger partial charge in [-0.3, -0.25) is 0 Å². The SMILES string of the molecule is Cc1csc(-c2ccc(OS(=O)(=O)c3ccc4oc(=O)ccc4c3)cc2)n1. The molecule has 2 aromatic carbocycles. The Morgan fingerprint density at radius 1 is 1.04 bits per heavy atom. The molecular weight excluding hydrogens is 386 g/mol. The monoisotopic (exact) mass is 399 g/mol. The quantitative estimate of drug-likeness (QED) is 0.381. The lowest BCUT2D eigenvalue weighted by Gasteiger charge is -2.08. The standard InChI is InChI=1S/C19H13NO5S2/c1-12-11-26-19(20-12)13-2-5-15(6-3-13)25-27(22,23)16-7-8-17-14(10-16)4-9-18(21)24-17/h2-11H,1H3. The molecule has 0 amide bonds. The first-order valence-corrected chi connectivity index (χ1v) is 10.2. The predicted molar refractivity (Wildman–Crippen MR) is 103 cm³/mol. The van der Waals surface area contributed by atoms with Crippen LogP contribution in [0.4, 0.5) is 0 Å². The van der Waals surface area contributed by atoms with Crippen molar-refractivity contribution in [2.24, 2.45) is 0 Å². The highest BCUT2D eigenvalue weighted by Gasteiger charge is 2.18. The van der Waals surface area contributed by atoms with Gasteiger partial charge in [0.2, 0.25) is 0 Å². The number of thiazole rings is 1. The molecular formula is C19H13NO5S2. The molecule has 0 aliphatic carbocycles. The summed E-state index contributed by atoms with van der Waals surface area (Å²) in [5.74, 6) is 0.201. The van der Waals surface area contributed by atoms with Crippen LogP contribution in [0.5, 0.6) is 5.75 Å². The van der Waals surface area contributed by atoms with E-state index in [1.54, 1.807) is 24.3 Å². The van der Waals surface area contributed by atoms with Crippen LogP contribution in [0.2, 0.25) is 0 Å². The zero-order valence-corrected chi connectivity index (χ0v) is 15.7. The molecule has 0 spiro atoms. The topological polar surface area (TPSA) is 86.5 Å². The van der Waals surface area contributed by atoms with E-state index in [4.69, 9.17) is 8.60 Å². The summed E-state index contributed by atoms with van der Waals surface area (Å²) in [7, 11) is -4.02. The van der Waals surface area contributed by atoms with E-state index in [1.807, 2.05) is 12.3 Å². The van der Waals surface area contributed by atoms with Gasteiger partial charge in [-0.2, -0.15) is 8.42 Å². The molecule has 136 valence electrons. The molecule has 4 rings (SSSR count). The van der Waals surface area contributed by atoms with E-state index >= 15 is 0 Å². The van der Waals surface area contributed by atoms with Crippen molar-refractivity contribution in [2.45, 2.75) is 11.8 Å². The highest BCUT2D eigenvalue weighted by Crippen LogP contribution is 2.27. The number of aryl methyl sites for hydroxylation is 1. The maximum absolute atomic E-state index is 12.5. The van der Waals surface area contributed by atoms with Crippen molar-refractivity contribution in [3.8, 4) is 16.3 Å². The van der Waals surface area contributed by atoms with Crippen molar-refractivity contribution in [1.82, 2.24) is 4.98 Å². The zero-order chi connectivity index (χ0) is 19.0. The largest absolute Gasteiger partial charge is 0.423 e. The molecule has 0 atom stereocenters. The second-order valence-electron chi connectivity index (χ2n) is 5.81. The van der Waals surface area contributed by atoms with Gasteiger partial charge in [0.25, 0.3) is 0 Å². The molecule has 0 radical (unpaired) electrons. The summed E-state index contributed by atoms with van der Waals surface area (Å²) in [6.07, 6.45) is 0. The molecule has 0 saturated carbocycles. The molecule has 8 heteroatoms. The Kier molecular flexibility index (Phi) is 4.29. The minimum atomic E-state index is -4.02. The summed E-state index contributed by atoms with van der Waals surface area (Å²) < 4.78 is 35.3. The van der Waals surface area contributed by atoms with Gasteiger partial charge in [0.05, 0.1) is 0 Å². The van der Waals surface area contributed by atoms with Crippen molar-refractivity contribution in [3.63, 3.8) is 0 Å². The minimum absolute atomic E-state index is 0.0246. The van der Waals surface area contributed by atoms with Gasteiger partial charge in [0.1, 0.15) is 21.2 Å². The van der Waals surface area contributed by atoms with E-state index in [2.05, 4.69) is 4.98 Å². The third kappa shape index (κ3) is 3.62. The molecule has 4 aromatic rings. The van der Waals surface area contributed by atoms with Crippen LogP contribution in [-0.2, 0) is 10.1 Å². The molecule has 2 aromatic heterocycles. The van der Waals surface area contributed by atoms with Gasteiger partial charge in [-0.15, -0.1) is 11.3 Å². The second kappa shape index (κ2) is 6.64. The van der Waals surface area contributed by atoms with Crippen LogP contribution in [-0.4, -0.2) is 13.4 Å². The third-order valence-corrected chi connectivity index (χ3v) is 6.06. The highest BCUT2D eigenvalue weighted by molar-refractivity contribution is 7.87. The Bertz CT molecular complexity index is 1290. The van der Waals surface area contributed by atoms with Gasteiger partial charge in [-0.1, -0.05) is 0 Å². The number of benzene rings is 2. The Morgan fingerprint density at radius 2 is 1.81 bits per heavy atom. The van der Waals surface area contributed by atoms with Crippen molar-refractivity contribution >= 4 is 32.4 Å². The summed E-state index contributed by atoms with van der Waals surface area (Å²) in [5.41, 5.74) is 1.64. The van der Waals surface area contributed by atoms with Crippen molar-refractivity contribution in [1.29, 1.82) is 0 Å². The average Bonchev–Trinajstić information content (AvgIpc) is 3.08. The first-order valence-electron chi connectivity index (χ1n) is 7.92. The lowest BCUT2D eigenvalue weighted by atomic mass is 10.2. The van der Waals surface area contributed by atoms with E-state index < -0.39 is 15.7 Å². The normalized spacial score (nSPS) is 11.6. The van der Waals surface area contributed by atoms with E-state index in [0.29, 0.717) is 11.0 Å². The van der Waals surface area contributed by atoms with Gasteiger partial charge in [0, 0.05) is 28.1 Å². The fourth-order valence-electron chi connectivity index (χ4n) is 2.52. The Labute approximate surface area is 158 Å². The summed E-state index contributed by atoms with van der Waals surface area (Å²) in [5, 5.41) is 3.30. The molecule has 0 aliphatic heterocycles. The molecule has 0 fully saturated rings. The number of fused-ring (bicyclic) bond motifs is 1. The number of aromatic nitrogens is 1. The number of hydrogen-bond acceptors (Lipinski definition) is 7. The van der Waals surface area contributed by atoms with Gasteiger partial charge in [-0.05, 0) is 55.5 Å². The lowest BCUT2D eigenvalue weighted by molar-refractivity contribution is 0.486. The van der Waals surface area contributed by atoms with Crippen LogP contribution in [0.25, 0.3) is 21.5 Å². The van der Waals surface area contributed by atoms with E-state index in [-0.39, 0.29) is 10.6 Å². The molecule has 27 heavy (non-hydrogen) atoms. The smallest absolute Gasteiger partial charge is 0.339 e. The summed E-state index contributed by atoms with van der Waals surface area (Å²) >= 11 is 1.52. The van der Waals surface area contributed by atoms with Crippen molar-refractivity contribution in [2.75, 3.05) is 0 Å². The molecule has 0 unspecified atom stereocenters. The fraction of sp³-hybridized carbons (Fsp3) is 0.0526. The van der Waals surface area contributed by atoms with Crippen LogP contribution >= 0.6 is 11.3 Å². The van der Waals surface area contributed by atoms with Crippen molar-refractivity contribution < 1.29 is 17.0 Å².